The van der Waals surface area contributed by atoms with Gasteiger partial charge in [0.1, 0.15) is 23.3 Å². The molecule has 0 bridgehead atoms. The molecule has 0 spiro atoms. The van der Waals surface area contributed by atoms with Crippen molar-refractivity contribution in [2.24, 2.45) is 0 Å². The van der Waals surface area contributed by atoms with E-state index in [0.29, 0.717) is 5.75 Å². The first kappa shape index (κ1) is 22.3. The molecule has 9 nitrogen and oxygen atoms in total. The normalized spacial score (nSPS) is 14.2. The van der Waals surface area contributed by atoms with Crippen LogP contribution in [0, 0.1) is 0 Å². The van der Waals surface area contributed by atoms with Crippen LogP contribution in [0.4, 0.5) is 0 Å². The van der Waals surface area contributed by atoms with Crippen LogP contribution in [0.3, 0.4) is 0 Å². The van der Waals surface area contributed by atoms with E-state index in [1.54, 1.807) is 18.2 Å². The molecule has 33 heavy (non-hydrogen) atoms. The SMILES string of the molecule is COc1ccc(S(=O)(=O)[C@H](CNC(=O)CN2C(=O)c3ccccc3C2=O)c2ccco2)cc1. The number of carbonyl (C=O) groups is 3. The van der Waals surface area contributed by atoms with Crippen molar-refractivity contribution in [2.75, 3.05) is 20.2 Å². The number of nitrogens with one attached hydrogen (secondary N) is 1. The number of nitrogens with zero attached hydrogens (tertiary/aromatic N) is 1. The lowest BCUT2D eigenvalue weighted by Gasteiger charge is -2.18. The van der Waals surface area contributed by atoms with Crippen LogP contribution in [0.25, 0.3) is 0 Å². The molecule has 2 heterocycles. The van der Waals surface area contributed by atoms with Gasteiger partial charge in [-0.1, -0.05) is 12.1 Å². The minimum Gasteiger partial charge on any atom is -0.497 e. The first-order valence-electron chi connectivity index (χ1n) is 9.96. The van der Waals surface area contributed by atoms with E-state index < -0.39 is 39.4 Å². The second-order valence-corrected chi connectivity index (χ2v) is 9.40. The highest BCUT2D eigenvalue weighted by Gasteiger charge is 2.37. The zero-order valence-corrected chi connectivity index (χ0v) is 18.4. The number of ether oxygens (including phenoxy) is 1. The van der Waals surface area contributed by atoms with Crippen LogP contribution in [-0.4, -0.2) is 51.2 Å². The van der Waals surface area contributed by atoms with E-state index in [2.05, 4.69) is 5.32 Å². The van der Waals surface area contributed by atoms with E-state index in [9.17, 15) is 22.8 Å². The highest BCUT2D eigenvalue weighted by Crippen LogP contribution is 2.30. The molecule has 170 valence electrons. The molecule has 1 aliphatic rings. The number of furan rings is 1. The largest absolute Gasteiger partial charge is 0.497 e. The molecule has 0 saturated carbocycles. The number of sulfone groups is 1. The third-order valence-electron chi connectivity index (χ3n) is 5.29. The van der Waals surface area contributed by atoms with Gasteiger partial charge < -0.3 is 14.5 Å². The van der Waals surface area contributed by atoms with Crippen molar-refractivity contribution in [3.05, 3.63) is 83.8 Å². The molecule has 0 saturated heterocycles. The van der Waals surface area contributed by atoms with Crippen LogP contribution in [-0.2, 0) is 14.6 Å². The Kier molecular flexibility index (Phi) is 6.01. The van der Waals surface area contributed by atoms with E-state index in [-0.39, 0.29) is 28.3 Å². The Morgan fingerprint density at radius 2 is 1.64 bits per heavy atom. The van der Waals surface area contributed by atoms with Gasteiger partial charge in [-0.25, -0.2) is 8.42 Å². The number of hydrogen-bond acceptors (Lipinski definition) is 7. The summed E-state index contributed by atoms with van der Waals surface area (Å²) in [5.41, 5.74) is 0.455. The van der Waals surface area contributed by atoms with Crippen molar-refractivity contribution in [3.63, 3.8) is 0 Å². The van der Waals surface area contributed by atoms with Crippen molar-refractivity contribution >= 4 is 27.6 Å². The van der Waals surface area contributed by atoms with Gasteiger partial charge in [0.25, 0.3) is 11.8 Å². The molecular formula is C23H20N2O7S. The average Bonchev–Trinajstić information content (AvgIpc) is 3.43. The predicted octanol–water partition coefficient (Wildman–Crippen LogP) is 2.22. The highest BCUT2D eigenvalue weighted by atomic mass is 32.2. The van der Waals surface area contributed by atoms with Gasteiger partial charge in [0.15, 0.2) is 9.84 Å². The van der Waals surface area contributed by atoms with Crippen LogP contribution in [0.2, 0.25) is 0 Å². The summed E-state index contributed by atoms with van der Waals surface area (Å²) in [6.07, 6.45) is 1.34. The van der Waals surface area contributed by atoms with Crippen LogP contribution in [0.15, 0.2) is 76.2 Å². The van der Waals surface area contributed by atoms with E-state index in [1.807, 2.05) is 0 Å². The summed E-state index contributed by atoms with van der Waals surface area (Å²) in [5.74, 6) is -1.17. The number of rotatable bonds is 8. The summed E-state index contributed by atoms with van der Waals surface area (Å²) < 4.78 is 36.9. The quantitative estimate of drug-likeness (QED) is 0.503. The first-order chi connectivity index (χ1) is 15.8. The fourth-order valence-electron chi connectivity index (χ4n) is 3.56. The molecule has 1 aromatic heterocycles. The summed E-state index contributed by atoms with van der Waals surface area (Å²) in [7, 11) is -2.48. The Labute approximate surface area is 189 Å². The van der Waals surface area contributed by atoms with Gasteiger partial charge in [0.2, 0.25) is 5.91 Å². The fraction of sp³-hybridized carbons (Fsp3) is 0.174. The Bertz CT molecular complexity index is 1260. The van der Waals surface area contributed by atoms with Gasteiger partial charge >= 0.3 is 0 Å². The van der Waals surface area contributed by atoms with Gasteiger partial charge in [-0.3, -0.25) is 19.3 Å². The molecule has 10 heteroatoms. The number of carbonyl (C=O) groups excluding carboxylic acids is 3. The lowest BCUT2D eigenvalue weighted by molar-refractivity contribution is -0.121. The molecule has 0 radical (unpaired) electrons. The van der Waals surface area contributed by atoms with Crippen molar-refractivity contribution in [2.45, 2.75) is 10.1 Å². The molecule has 1 atom stereocenters. The number of amides is 3. The molecule has 0 fully saturated rings. The van der Waals surface area contributed by atoms with Crippen LogP contribution in [0.5, 0.6) is 5.75 Å². The van der Waals surface area contributed by atoms with E-state index in [1.165, 1.54) is 55.8 Å². The zero-order valence-electron chi connectivity index (χ0n) is 17.6. The van der Waals surface area contributed by atoms with E-state index in [0.717, 1.165) is 4.90 Å². The summed E-state index contributed by atoms with van der Waals surface area (Å²) in [6, 6.07) is 15.2. The third kappa shape index (κ3) is 4.24. The summed E-state index contributed by atoms with van der Waals surface area (Å²) >= 11 is 0. The number of imide groups is 1. The average molecular weight is 468 g/mol. The molecule has 1 aliphatic heterocycles. The Morgan fingerprint density at radius 3 is 2.18 bits per heavy atom. The van der Waals surface area contributed by atoms with E-state index >= 15 is 0 Å². The van der Waals surface area contributed by atoms with E-state index in [4.69, 9.17) is 9.15 Å². The third-order valence-corrected chi connectivity index (χ3v) is 7.36. The fourth-order valence-corrected chi connectivity index (χ4v) is 5.14. The number of benzene rings is 2. The van der Waals surface area contributed by atoms with Crippen LogP contribution < -0.4 is 10.1 Å². The molecule has 4 rings (SSSR count). The number of methoxy groups -OCH3 is 1. The molecule has 0 aliphatic carbocycles. The molecular weight excluding hydrogens is 448 g/mol. The number of hydrogen-bond donors (Lipinski definition) is 1. The van der Waals surface area contributed by atoms with Crippen molar-refractivity contribution < 1.29 is 32.0 Å². The molecule has 3 amide bonds. The zero-order chi connectivity index (χ0) is 23.6. The summed E-state index contributed by atoms with van der Waals surface area (Å²) in [4.78, 5) is 38.4. The molecule has 1 N–H and O–H groups in total. The second-order valence-electron chi connectivity index (χ2n) is 7.27. The standard InChI is InChI=1S/C23H20N2O7S/c1-31-15-8-10-16(11-9-15)33(29,30)20(19-7-4-12-32-19)13-24-21(26)14-25-22(27)17-5-2-3-6-18(17)23(25)28/h2-12,20H,13-14H2,1H3,(H,24,26)/t20-/m1/s1. The van der Waals surface area contributed by atoms with Gasteiger partial charge in [-0.05, 0) is 48.5 Å². The number of fused-ring (bicyclic) bond motifs is 1. The summed E-state index contributed by atoms with van der Waals surface area (Å²) in [5, 5.41) is 1.30. The van der Waals surface area contributed by atoms with Crippen LogP contribution >= 0.6 is 0 Å². The minimum atomic E-state index is -3.95. The van der Waals surface area contributed by atoms with Gasteiger partial charge in [-0.2, -0.15) is 0 Å². The van der Waals surface area contributed by atoms with Gasteiger partial charge in [-0.15, -0.1) is 0 Å². The van der Waals surface area contributed by atoms with Crippen molar-refractivity contribution in [1.82, 2.24) is 10.2 Å². The topological polar surface area (TPSA) is 123 Å². The highest BCUT2D eigenvalue weighted by molar-refractivity contribution is 7.91. The second kappa shape index (κ2) is 8.91. The maximum atomic E-state index is 13.3. The first-order valence-corrected chi connectivity index (χ1v) is 11.5. The van der Waals surface area contributed by atoms with Gasteiger partial charge in [0.05, 0.1) is 29.4 Å². The Balaban J connectivity index is 1.50. The maximum absolute atomic E-state index is 13.3. The lowest BCUT2D eigenvalue weighted by Crippen LogP contribution is -2.42. The van der Waals surface area contributed by atoms with Crippen molar-refractivity contribution in [1.29, 1.82) is 0 Å². The Hall–Kier alpha value is -3.92. The van der Waals surface area contributed by atoms with Crippen LogP contribution in [0.1, 0.15) is 31.7 Å². The lowest BCUT2D eigenvalue weighted by atomic mass is 10.1. The van der Waals surface area contributed by atoms with Crippen molar-refractivity contribution in [3.8, 4) is 5.75 Å². The maximum Gasteiger partial charge on any atom is 0.262 e. The molecule has 0 unspecified atom stereocenters. The van der Waals surface area contributed by atoms with Gasteiger partial charge in [0, 0.05) is 6.54 Å². The molecule has 3 aromatic rings. The minimum absolute atomic E-state index is 0.0271. The molecule has 2 aromatic carbocycles. The monoisotopic (exact) mass is 468 g/mol. The summed E-state index contributed by atoms with van der Waals surface area (Å²) in [6.45, 7) is -0.844. The predicted molar refractivity (Wildman–Crippen MR) is 116 cm³/mol. The Morgan fingerprint density at radius 1 is 1.00 bits per heavy atom. The smallest absolute Gasteiger partial charge is 0.262 e.